The second kappa shape index (κ2) is 11.1. The van der Waals surface area contributed by atoms with Gasteiger partial charge in [0.2, 0.25) is 5.17 Å². The van der Waals surface area contributed by atoms with Gasteiger partial charge in [-0.2, -0.15) is 15.1 Å². The van der Waals surface area contributed by atoms with Crippen molar-refractivity contribution in [3.05, 3.63) is 65.2 Å². The van der Waals surface area contributed by atoms with E-state index in [-0.39, 0.29) is 11.4 Å². The van der Waals surface area contributed by atoms with Crippen LogP contribution in [0.2, 0.25) is 0 Å². The van der Waals surface area contributed by atoms with Crippen molar-refractivity contribution in [2.75, 3.05) is 26.4 Å². The van der Waals surface area contributed by atoms with Crippen LogP contribution < -0.4 is 9.47 Å². The van der Waals surface area contributed by atoms with Crippen molar-refractivity contribution in [3.63, 3.8) is 0 Å². The second-order valence-corrected chi connectivity index (χ2v) is 8.60. The lowest BCUT2D eigenvalue weighted by molar-refractivity contribution is -0.114. The number of hydrogen-bond donors (Lipinski definition) is 1. The summed E-state index contributed by atoms with van der Waals surface area (Å²) in [5.41, 5.74) is 2.14. The van der Waals surface area contributed by atoms with E-state index in [9.17, 15) is 4.79 Å². The zero-order chi connectivity index (χ0) is 23.9. The Morgan fingerprint density at radius 2 is 1.76 bits per heavy atom. The summed E-state index contributed by atoms with van der Waals surface area (Å²) in [5, 5.41) is 15.4. The van der Waals surface area contributed by atoms with Gasteiger partial charge >= 0.3 is 0 Å². The summed E-state index contributed by atoms with van der Waals surface area (Å²) in [6.45, 7) is 5.82. The lowest BCUT2D eigenvalue weighted by Crippen LogP contribution is -2.35. The Morgan fingerprint density at radius 3 is 2.47 bits per heavy atom. The van der Waals surface area contributed by atoms with Crippen molar-refractivity contribution in [1.29, 1.82) is 5.41 Å². The third-order valence-corrected chi connectivity index (χ3v) is 6.02. The van der Waals surface area contributed by atoms with Gasteiger partial charge in [0.1, 0.15) is 29.8 Å². The van der Waals surface area contributed by atoms with Gasteiger partial charge in [-0.15, -0.1) is 0 Å². The number of carbonyl (C=O) groups excluding carboxylic acids is 1. The van der Waals surface area contributed by atoms with Crippen molar-refractivity contribution in [1.82, 2.24) is 5.01 Å². The summed E-state index contributed by atoms with van der Waals surface area (Å²) in [6, 6.07) is 15.2. The number of ether oxygens (including phenoxy) is 3. The van der Waals surface area contributed by atoms with E-state index < -0.39 is 5.91 Å². The molecular weight excluding hydrogens is 452 g/mol. The molecule has 0 aromatic heterocycles. The van der Waals surface area contributed by atoms with E-state index in [1.165, 1.54) is 16.8 Å². The van der Waals surface area contributed by atoms with Crippen molar-refractivity contribution in [3.8, 4) is 11.5 Å². The van der Waals surface area contributed by atoms with E-state index in [1.54, 1.807) is 6.08 Å². The van der Waals surface area contributed by atoms with Crippen molar-refractivity contribution < 1.29 is 19.0 Å². The molecule has 2 heterocycles. The van der Waals surface area contributed by atoms with Crippen LogP contribution in [0, 0.1) is 12.3 Å². The van der Waals surface area contributed by atoms with E-state index in [0.717, 1.165) is 28.3 Å². The largest absolute Gasteiger partial charge is 0.491 e. The van der Waals surface area contributed by atoms with Crippen LogP contribution >= 0.6 is 11.8 Å². The van der Waals surface area contributed by atoms with Gasteiger partial charge in [0.05, 0.1) is 18.8 Å². The fourth-order valence-electron chi connectivity index (χ4n) is 3.25. The third kappa shape index (κ3) is 5.92. The predicted octanol–water partition coefficient (Wildman–Crippen LogP) is 4.50. The maximum absolute atomic E-state index is 12.4. The fraction of sp³-hybridized carbons (Fsp3) is 0.280. The molecule has 176 valence electrons. The molecule has 9 heteroatoms. The van der Waals surface area contributed by atoms with Crippen LogP contribution in [0.3, 0.4) is 0 Å². The Hall–Kier alpha value is -3.43. The Morgan fingerprint density at radius 1 is 1.03 bits per heavy atom. The topological polar surface area (TPSA) is 96.6 Å². The summed E-state index contributed by atoms with van der Waals surface area (Å²) in [5.74, 6) is 1.14. The molecular formula is C25H26N4O4S. The standard InChI is InChI=1S/C25H26N4O4S/c1-3-22-28-29-23(26)21(24(30)27-25(29)34-22)16-18-7-9-19(10-8-18)32-13-11-31-12-14-33-20-6-4-5-17(2)15-20/h4-10,15-16,26H,3,11-14H2,1-2H3/b21-16-,26-23?. The number of hydrazone groups is 1. The summed E-state index contributed by atoms with van der Waals surface area (Å²) in [6.07, 6.45) is 2.38. The van der Waals surface area contributed by atoms with Gasteiger partial charge in [0, 0.05) is 0 Å². The Kier molecular flexibility index (Phi) is 7.76. The Balaban J connectivity index is 1.22. The molecule has 2 aromatic rings. The minimum atomic E-state index is -0.430. The normalized spacial score (nSPS) is 16.4. The molecule has 0 saturated carbocycles. The first-order valence-corrected chi connectivity index (χ1v) is 11.8. The fourth-order valence-corrected chi connectivity index (χ4v) is 4.07. The summed E-state index contributed by atoms with van der Waals surface area (Å²) in [7, 11) is 0. The average Bonchev–Trinajstić information content (AvgIpc) is 3.25. The van der Waals surface area contributed by atoms with E-state index >= 15 is 0 Å². The Bertz CT molecular complexity index is 1160. The molecule has 2 aliphatic rings. The molecule has 0 unspecified atom stereocenters. The van der Waals surface area contributed by atoms with Gasteiger partial charge in [0.25, 0.3) is 5.91 Å². The van der Waals surface area contributed by atoms with Gasteiger partial charge in [-0.3, -0.25) is 10.2 Å². The van der Waals surface area contributed by atoms with Crippen LogP contribution in [0.4, 0.5) is 0 Å². The number of amidine groups is 2. The highest BCUT2D eigenvalue weighted by Gasteiger charge is 2.34. The van der Waals surface area contributed by atoms with Crippen LogP contribution in [0.5, 0.6) is 11.5 Å². The van der Waals surface area contributed by atoms with Gasteiger partial charge in [-0.05, 0) is 66.6 Å². The summed E-state index contributed by atoms with van der Waals surface area (Å²) in [4.78, 5) is 16.5. The van der Waals surface area contributed by atoms with Gasteiger partial charge < -0.3 is 14.2 Å². The number of amides is 1. The molecule has 8 nitrogen and oxygen atoms in total. The molecule has 34 heavy (non-hydrogen) atoms. The van der Waals surface area contributed by atoms with Crippen LogP contribution in [0.15, 0.2) is 64.2 Å². The quantitative estimate of drug-likeness (QED) is 0.399. The van der Waals surface area contributed by atoms with Gasteiger partial charge in [0.15, 0.2) is 5.84 Å². The van der Waals surface area contributed by atoms with Gasteiger partial charge in [-0.25, -0.2) is 0 Å². The number of nitrogens with zero attached hydrogens (tertiary/aromatic N) is 3. The number of thioether (sulfide) groups is 1. The lowest BCUT2D eigenvalue weighted by atomic mass is 10.1. The first kappa shape index (κ1) is 23.7. The average molecular weight is 479 g/mol. The number of aryl methyl sites for hydroxylation is 1. The molecule has 2 aliphatic heterocycles. The predicted molar refractivity (Wildman–Crippen MR) is 135 cm³/mol. The number of benzene rings is 2. The first-order valence-electron chi connectivity index (χ1n) is 11.0. The maximum atomic E-state index is 12.4. The molecule has 0 atom stereocenters. The molecule has 0 bridgehead atoms. The second-order valence-electron chi connectivity index (χ2n) is 7.56. The minimum absolute atomic E-state index is 0.0369. The SMILES string of the molecule is CCC1=NN2C(=N)/C(=C/c3ccc(OCCOCCOc4cccc(C)c4)cc3)C(=O)N=C2S1. The van der Waals surface area contributed by atoms with Crippen molar-refractivity contribution in [2.24, 2.45) is 10.1 Å². The first-order chi connectivity index (χ1) is 16.5. The van der Waals surface area contributed by atoms with Crippen LogP contribution in [-0.2, 0) is 9.53 Å². The lowest BCUT2D eigenvalue weighted by Gasteiger charge is -2.20. The van der Waals surface area contributed by atoms with Gasteiger partial charge in [-0.1, -0.05) is 31.2 Å². The Labute approximate surface area is 202 Å². The third-order valence-electron chi connectivity index (χ3n) is 4.97. The highest BCUT2D eigenvalue weighted by Crippen LogP contribution is 2.29. The molecule has 1 N–H and O–H groups in total. The number of hydrogen-bond acceptors (Lipinski definition) is 7. The molecule has 0 radical (unpaired) electrons. The molecule has 0 saturated heterocycles. The number of rotatable bonds is 10. The van der Waals surface area contributed by atoms with Crippen LogP contribution in [0.25, 0.3) is 6.08 Å². The van der Waals surface area contributed by atoms with E-state index in [1.807, 2.05) is 62.4 Å². The van der Waals surface area contributed by atoms with Crippen LogP contribution in [-0.4, -0.2) is 53.4 Å². The molecule has 4 rings (SSSR count). The van der Waals surface area contributed by atoms with Crippen LogP contribution in [0.1, 0.15) is 24.5 Å². The molecule has 2 aromatic carbocycles. The number of fused-ring (bicyclic) bond motifs is 1. The molecule has 1 amide bonds. The zero-order valence-corrected chi connectivity index (χ0v) is 19.9. The number of carbonyl (C=O) groups is 1. The highest BCUT2D eigenvalue weighted by atomic mass is 32.2. The summed E-state index contributed by atoms with van der Waals surface area (Å²) >= 11 is 1.33. The molecule has 0 aliphatic carbocycles. The number of nitrogens with one attached hydrogen (secondary N) is 1. The monoisotopic (exact) mass is 478 g/mol. The van der Waals surface area contributed by atoms with E-state index in [4.69, 9.17) is 19.6 Å². The molecule has 0 fully saturated rings. The van der Waals surface area contributed by atoms with E-state index in [2.05, 4.69) is 10.1 Å². The van der Waals surface area contributed by atoms with E-state index in [0.29, 0.717) is 37.3 Å². The highest BCUT2D eigenvalue weighted by molar-refractivity contribution is 8.26. The summed E-state index contributed by atoms with van der Waals surface area (Å²) < 4.78 is 16.9. The molecule has 0 spiro atoms. The minimum Gasteiger partial charge on any atom is -0.491 e. The zero-order valence-electron chi connectivity index (χ0n) is 19.1. The maximum Gasteiger partial charge on any atom is 0.283 e. The number of aliphatic imine (C=N–C) groups is 1. The smallest absolute Gasteiger partial charge is 0.283 e. The van der Waals surface area contributed by atoms with Crippen molar-refractivity contribution in [2.45, 2.75) is 20.3 Å². The van der Waals surface area contributed by atoms with Crippen molar-refractivity contribution >= 4 is 39.8 Å².